The SMILES string of the molecule is NCCNC(=O)c1cc(F)cc(F)c1. The minimum atomic E-state index is -0.775. The van der Waals surface area contributed by atoms with E-state index in [-0.39, 0.29) is 18.7 Å². The largest absolute Gasteiger partial charge is 0.351 e. The smallest absolute Gasteiger partial charge is 0.251 e. The number of halogens is 2. The summed E-state index contributed by atoms with van der Waals surface area (Å²) < 4.78 is 25.3. The van der Waals surface area contributed by atoms with Gasteiger partial charge >= 0.3 is 0 Å². The van der Waals surface area contributed by atoms with Crippen LogP contribution in [0.2, 0.25) is 0 Å². The highest BCUT2D eigenvalue weighted by molar-refractivity contribution is 5.94. The fourth-order valence-electron chi connectivity index (χ4n) is 0.973. The Labute approximate surface area is 79.9 Å². The molecule has 1 aromatic carbocycles. The van der Waals surface area contributed by atoms with E-state index in [0.29, 0.717) is 6.07 Å². The first-order chi connectivity index (χ1) is 6.63. The summed E-state index contributed by atoms with van der Waals surface area (Å²) >= 11 is 0. The van der Waals surface area contributed by atoms with Crippen LogP contribution in [0, 0.1) is 11.6 Å². The maximum absolute atomic E-state index is 12.7. The summed E-state index contributed by atoms with van der Waals surface area (Å²) in [5.41, 5.74) is 5.11. The molecule has 76 valence electrons. The van der Waals surface area contributed by atoms with E-state index in [4.69, 9.17) is 5.73 Å². The molecule has 0 aliphatic rings. The average Bonchev–Trinajstić information content (AvgIpc) is 2.12. The van der Waals surface area contributed by atoms with E-state index in [1.54, 1.807) is 0 Å². The third-order valence-electron chi connectivity index (χ3n) is 1.55. The summed E-state index contributed by atoms with van der Waals surface area (Å²) in [6, 6.07) is 2.64. The molecule has 0 aromatic heterocycles. The minimum absolute atomic E-state index is 0.0454. The molecule has 0 heterocycles. The van der Waals surface area contributed by atoms with E-state index in [0.717, 1.165) is 12.1 Å². The maximum Gasteiger partial charge on any atom is 0.251 e. The second-order valence-corrected chi connectivity index (χ2v) is 2.70. The number of carbonyl (C=O) groups excluding carboxylic acids is 1. The van der Waals surface area contributed by atoms with Gasteiger partial charge in [-0.3, -0.25) is 4.79 Å². The van der Waals surface area contributed by atoms with Crippen LogP contribution in [0.5, 0.6) is 0 Å². The van der Waals surface area contributed by atoms with Crippen molar-refractivity contribution < 1.29 is 13.6 Å². The number of benzene rings is 1. The molecule has 0 saturated carbocycles. The van der Waals surface area contributed by atoms with Crippen molar-refractivity contribution in [2.75, 3.05) is 13.1 Å². The molecule has 0 atom stereocenters. The van der Waals surface area contributed by atoms with Crippen LogP contribution < -0.4 is 11.1 Å². The van der Waals surface area contributed by atoms with E-state index in [1.807, 2.05) is 0 Å². The Morgan fingerprint density at radius 2 is 1.86 bits per heavy atom. The fraction of sp³-hybridized carbons (Fsp3) is 0.222. The first kappa shape index (κ1) is 10.6. The summed E-state index contributed by atoms with van der Waals surface area (Å²) in [5, 5.41) is 2.41. The molecule has 0 saturated heterocycles. The summed E-state index contributed by atoms with van der Waals surface area (Å²) in [7, 11) is 0. The van der Waals surface area contributed by atoms with Gasteiger partial charge in [-0.15, -0.1) is 0 Å². The molecule has 1 aromatic rings. The molecule has 0 unspecified atom stereocenters. The summed E-state index contributed by atoms with van der Waals surface area (Å²) in [6.45, 7) is 0.556. The van der Waals surface area contributed by atoms with Gasteiger partial charge in [-0.1, -0.05) is 0 Å². The van der Waals surface area contributed by atoms with Gasteiger partial charge in [-0.25, -0.2) is 8.78 Å². The number of nitrogens with two attached hydrogens (primary N) is 1. The van der Waals surface area contributed by atoms with Gasteiger partial charge in [0.15, 0.2) is 0 Å². The van der Waals surface area contributed by atoms with Crippen LogP contribution in [-0.2, 0) is 0 Å². The van der Waals surface area contributed by atoms with Gasteiger partial charge in [-0.2, -0.15) is 0 Å². The van der Waals surface area contributed by atoms with Gasteiger partial charge in [0.05, 0.1) is 0 Å². The molecular formula is C9H10F2N2O. The number of hydrogen-bond acceptors (Lipinski definition) is 2. The van der Waals surface area contributed by atoms with Crippen molar-refractivity contribution in [2.24, 2.45) is 5.73 Å². The van der Waals surface area contributed by atoms with E-state index in [2.05, 4.69) is 5.32 Å². The molecule has 0 fully saturated rings. The van der Waals surface area contributed by atoms with Crippen molar-refractivity contribution in [3.8, 4) is 0 Å². The molecule has 1 amide bonds. The van der Waals surface area contributed by atoms with Crippen LogP contribution in [-0.4, -0.2) is 19.0 Å². The van der Waals surface area contributed by atoms with E-state index >= 15 is 0 Å². The van der Waals surface area contributed by atoms with Crippen molar-refractivity contribution >= 4 is 5.91 Å². The molecule has 0 aliphatic carbocycles. The van der Waals surface area contributed by atoms with Gasteiger partial charge < -0.3 is 11.1 Å². The van der Waals surface area contributed by atoms with Gasteiger partial charge in [0.2, 0.25) is 0 Å². The van der Waals surface area contributed by atoms with Gasteiger partial charge in [0.1, 0.15) is 11.6 Å². The number of nitrogens with one attached hydrogen (secondary N) is 1. The van der Waals surface area contributed by atoms with E-state index in [1.165, 1.54) is 0 Å². The van der Waals surface area contributed by atoms with E-state index in [9.17, 15) is 13.6 Å². The Morgan fingerprint density at radius 3 is 2.36 bits per heavy atom. The molecule has 0 bridgehead atoms. The lowest BCUT2D eigenvalue weighted by Crippen LogP contribution is -2.29. The van der Waals surface area contributed by atoms with Crippen LogP contribution in [0.15, 0.2) is 18.2 Å². The lowest BCUT2D eigenvalue weighted by Gasteiger charge is -2.03. The van der Waals surface area contributed by atoms with Gasteiger partial charge in [0, 0.05) is 24.7 Å². The topological polar surface area (TPSA) is 55.1 Å². The third kappa shape index (κ3) is 2.77. The Kier molecular flexibility index (Phi) is 3.53. The summed E-state index contributed by atoms with van der Waals surface area (Å²) in [5.74, 6) is -2.08. The zero-order valence-electron chi connectivity index (χ0n) is 7.39. The van der Waals surface area contributed by atoms with Crippen LogP contribution in [0.1, 0.15) is 10.4 Å². The van der Waals surface area contributed by atoms with Crippen molar-refractivity contribution in [2.45, 2.75) is 0 Å². The summed E-state index contributed by atoms with van der Waals surface area (Å²) in [4.78, 5) is 11.2. The molecule has 5 heteroatoms. The first-order valence-electron chi connectivity index (χ1n) is 4.08. The highest BCUT2D eigenvalue weighted by Crippen LogP contribution is 2.07. The molecular weight excluding hydrogens is 190 g/mol. The predicted molar refractivity (Wildman–Crippen MR) is 47.7 cm³/mol. The zero-order valence-corrected chi connectivity index (χ0v) is 7.39. The quantitative estimate of drug-likeness (QED) is 0.752. The molecule has 0 aliphatic heterocycles. The van der Waals surface area contributed by atoms with Crippen molar-refractivity contribution in [3.05, 3.63) is 35.4 Å². The number of amides is 1. The Bertz CT molecular complexity index is 321. The third-order valence-corrected chi connectivity index (χ3v) is 1.55. The fourth-order valence-corrected chi connectivity index (χ4v) is 0.973. The Balaban J connectivity index is 2.79. The first-order valence-corrected chi connectivity index (χ1v) is 4.08. The molecule has 3 nitrogen and oxygen atoms in total. The van der Waals surface area contributed by atoms with E-state index < -0.39 is 17.5 Å². The molecule has 0 radical (unpaired) electrons. The molecule has 0 spiro atoms. The standard InChI is InChI=1S/C9H10F2N2O/c10-7-3-6(4-8(11)5-7)9(14)13-2-1-12/h3-5H,1-2,12H2,(H,13,14). The lowest BCUT2D eigenvalue weighted by molar-refractivity contribution is 0.0954. The number of rotatable bonds is 3. The predicted octanol–water partition coefficient (Wildman–Crippen LogP) is 0.653. The average molecular weight is 200 g/mol. The van der Waals surface area contributed by atoms with Crippen LogP contribution in [0.25, 0.3) is 0 Å². The molecule has 3 N–H and O–H groups in total. The second kappa shape index (κ2) is 4.66. The van der Waals surface area contributed by atoms with Crippen molar-refractivity contribution in [1.29, 1.82) is 0 Å². The van der Waals surface area contributed by atoms with Crippen molar-refractivity contribution in [1.82, 2.24) is 5.32 Å². The second-order valence-electron chi connectivity index (χ2n) is 2.70. The Hall–Kier alpha value is -1.49. The zero-order chi connectivity index (χ0) is 10.6. The number of hydrogen-bond donors (Lipinski definition) is 2. The minimum Gasteiger partial charge on any atom is -0.351 e. The maximum atomic E-state index is 12.7. The monoisotopic (exact) mass is 200 g/mol. The van der Waals surface area contributed by atoms with Crippen LogP contribution in [0.4, 0.5) is 8.78 Å². The highest BCUT2D eigenvalue weighted by Gasteiger charge is 2.07. The lowest BCUT2D eigenvalue weighted by atomic mass is 10.2. The van der Waals surface area contributed by atoms with Crippen molar-refractivity contribution in [3.63, 3.8) is 0 Å². The normalized spacial score (nSPS) is 9.93. The molecule has 1 rings (SSSR count). The van der Waals surface area contributed by atoms with Gasteiger partial charge in [-0.05, 0) is 12.1 Å². The van der Waals surface area contributed by atoms with Gasteiger partial charge in [0.25, 0.3) is 5.91 Å². The Morgan fingerprint density at radius 1 is 1.29 bits per heavy atom. The van der Waals surface area contributed by atoms with Crippen LogP contribution >= 0.6 is 0 Å². The van der Waals surface area contributed by atoms with Crippen LogP contribution in [0.3, 0.4) is 0 Å². The molecule has 14 heavy (non-hydrogen) atoms. The highest BCUT2D eigenvalue weighted by atomic mass is 19.1. The number of carbonyl (C=O) groups is 1. The summed E-state index contributed by atoms with van der Waals surface area (Å²) in [6.07, 6.45) is 0.